The van der Waals surface area contributed by atoms with Crippen LogP contribution in [0.1, 0.15) is 31.9 Å². The second-order valence-corrected chi connectivity index (χ2v) is 6.32. The van der Waals surface area contributed by atoms with Crippen LogP contribution in [0.3, 0.4) is 0 Å². The van der Waals surface area contributed by atoms with Gasteiger partial charge in [0.15, 0.2) is 0 Å². The van der Waals surface area contributed by atoms with Gasteiger partial charge in [-0.05, 0) is 38.4 Å². The molecule has 1 aromatic heterocycles. The van der Waals surface area contributed by atoms with Crippen molar-refractivity contribution in [2.24, 2.45) is 0 Å². The molecule has 2 aliphatic heterocycles. The summed E-state index contributed by atoms with van der Waals surface area (Å²) < 4.78 is 0. The molecule has 104 valence electrons. The van der Waals surface area contributed by atoms with Crippen molar-refractivity contribution in [3.8, 4) is 0 Å². The van der Waals surface area contributed by atoms with E-state index in [-0.39, 0.29) is 0 Å². The topological polar surface area (TPSA) is 19.4 Å². The first-order chi connectivity index (χ1) is 9.22. The molecule has 0 saturated carbocycles. The molecule has 2 saturated heterocycles. The van der Waals surface area contributed by atoms with Crippen molar-refractivity contribution in [3.63, 3.8) is 0 Å². The van der Waals surface area contributed by atoms with Crippen LogP contribution in [-0.2, 0) is 6.54 Å². The number of hydrogen-bond donors (Lipinski definition) is 0. The van der Waals surface area contributed by atoms with Gasteiger partial charge in [-0.15, -0.1) is 0 Å². The number of piperazine rings is 1. The van der Waals surface area contributed by atoms with E-state index < -0.39 is 0 Å². The first-order valence-corrected chi connectivity index (χ1v) is 7.69. The van der Waals surface area contributed by atoms with Crippen molar-refractivity contribution >= 4 is 11.6 Å². The Morgan fingerprint density at radius 3 is 3.11 bits per heavy atom. The highest BCUT2D eigenvalue weighted by Crippen LogP contribution is 2.25. The maximum Gasteiger partial charge on any atom is 0.0558 e. The number of hydrogen-bond acceptors (Lipinski definition) is 3. The number of fused-ring (bicyclic) bond motifs is 1. The van der Waals surface area contributed by atoms with E-state index in [9.17, 15) is 0 Å². The Morgan fingerprint density at radius 1 is 1.37 bits per heavy atom. The fourth-order valence-corrected chi connectivity index (χ4v) is 3.56. The monoisotopic (exact) mass is 279 g/mol. The van der Waals surface area contributed by atoms with Gasteiger partial charge in [0.25, 0.3) is 0 Å². The third-order valence-electron chi connectivity index (χ3n) is 4.46. The van der Waals surface area contributed by atoms with Gasteiger partial charge in [-0.2, -0.15) is 0 Å². The van der Waals surface area contributed by atoms with Crippen molar-refractivity contribution < 1.29 is 0 Å². The second kappa shape index (κ2) is 5.78. The Labute approximate surface area is 120 Å². The highest BCUT2D eigenvalue weighted by molar-refractivity contribution is 6.30. The third kappa shape index (κ3) is 3.10. The number of piperidine rings is 1. The summed E-state index contributed by atoms with van der Waals surface area (Å²) in [6.45, 7) is 6.92. The normalized spacial score (nSPS) is 29.2. The fourth-order valence-electron chi connectivity index (χ4n) is 3.38. The van der Waals surface area contributed by atoms with E-state index in [0.717, 1.165) is 23.3 Å². The van der Waals surface area contributed by atoms with E-state index in [1.54, 1.807) is 6.20 Å². The lowest BCUT2D eigenvalue weighted by molar-refractivity contribution is 0.0105. The number of halogens is 1. The molecule has 0 radical (unpaired) electrons. The van der Waals surface area contributed by atoms with Crippen molar-refractivity contribution in [2.45, 2.75) is 44.8 Å². The predicted molar refractivity (Wildman–Crippen MR) is 78.3 cm³/mol. The molecule has 0 bridgehead atoms. The minimum atomic E-state index is 0.607. The number of pyridine rings is 1. The van der Waals surface area contributed by atoms with E-state index in [0.29, 0.717) is 6.04 Å². The molecule has 19 heavy (non-hydrogen) atoms. The van der Waals surface area contributed by atoms with Gasteiger partial charge < -0.3 is 0 Å². The summed E-state index contributed by atoms with van der Waals surface area (Å²) in [5.74, 6) is 0. The number of aromatic nitrogens is 1. The summed E-state index contributed by atoms with van der Waals surface area (Å²) in [7, 11) is 0. The smallest absolute Gasteiger partial charge is 0.0558 e. The van der Waals surface area contributed by atoms with Gasteiger partial charge in [0.05, 0.1) is 5.69 Å². The standard InChI is InChI=1S/C15H22ClN3/c1-12-9-18-7-3-2-4-15(18)11-19(12)10-14-8-13(16)5-6-17-14/h5-6,8,12,15H,2-4,7,9-11H2,1H3. The van der Waals surface area contributed by atoms with Gasteiger partial charge in [-0.25, -0.2) is 0 Å². The van der Waals surface area contributed by atoms with Crippen LogP contribution in [-0.4, -0.2) is 46.5 Å². The van der Waals surface area contributed by atoms with Crippen LogP contribution < -0.4 is 0 Å². The maximum atomic E-state index is 6.04. The summed E-state index contributed by atoms with van der Waals surface area (Å²) in [4.78, 5) is 9.67. The molecule has 3 rings (SSSR count). The lowest BCUT2D eigenvalue weighted by atomic mass is 9.97. The molecule has 0 N–H and O–H groups in total. The van der Waals surface area contributed by atoms with Crippen molar-refractivity contribution in [1.29, 1.82) is 0 Å². The summed E-state index contributed by atoms with van der Waals surface area (Å²) in [6, 6.07) is 5.19. The maximum absolute atomic E-state index is 6.04. The molecule has 1 aromatic rings. The Bertz CT molecular complexity index is 437. The highest BCUT2D eigenvalue weighted by atomic mass is 35.5. The molecular formula is C15H22ClN3. The first-order valence-electron chi connectivity index (χ1n) is 7.31. The van der Waals surface area contributed by atoms with E-state index in [1.165, 1.54) is 38.9 Å². The van der Waals surface area contributed by atoms with Crippen molar-refractivity contribution in [2.75, 3.05) is 19.6 Å². The number of rotatable bonds is 2. The zero-order valence-electron chi connectivity index (χ0n) is 11.6. The summed E-state index contributed by atoms with van der Waals surface area (Å²) in [5, 5.41) is 0.786. The molecule has 3 heterocycles. The van der Waals surface area contributed by atoms with Crippen molar-refractivity contribution in [1.82, 2.24) is 14.8 Å². The zero-order valence-corrected chi connectivity index (χ0v) is 12.3. The van der Waals surface area contributed by atoms with Crippen LogP contribution in [0, 0.1) is 0 Å². The van der Waals surface area contributed by atoms with Crippen molar-refractivity contribution in [3.05, 3.63) is 29.0 Å². The van der Waals surface area contributed by atoms with E-state index in [2.05, 4.69) is 21.7 Å². The second-order valence-electron chi connectivity index (χ2n) is 5.89. The zero-order chi connectivity index (χ0) is 13.2. The van der Waals surface area contributed by atoms with Crippen LogP contribution in [0.4, 0.5) is 0 Å². The van der Waals surface area contributed by atoms with Gasteiger partial charge in [0, 0.05) is 42.9 Å². The van der Waals surface area contributed by atoms with Crippen LogP contribution in [0.25, 0.3) is 0 Å². The molecule has 2 atom stereocenters. The molecule has 4 heteroatoms. The summed E-state index contributed by atoms with van der Waals surface area (Å²) in [6.07, 6.45) is 5.92. The van der Waals surface area contributed by atoms with Gasteiger partial charge in [-0.1, -0.05) is 18.0 Å². The predicted octanol–water partition coefficient (Wildman–Crippen LogP) is 2.79. The van der Waals surface area contributed by atoms with Crippen LogP contribution in [0.2, 0.25) is 5.02 Å². The lowest BCUT2D eigenvalue weighted by Gasteiger charge is -2.47. The Hall–Kier alpha value is -0.640. The van der Waals surface area contributed by atoms with E-state index in [1.807, 2.05) is 12.1 Å². The van der Waals surface area contributed by atoms with Gasteiger partial charge in [0.1, 0.15) is 0 Å². The van der Waals surface area contributed by atoms with Crippen LogP contribution in [0.15, 0.2) is 18.3 Å². The van der Waals surface area contributed by atoms with E-state index in [4.69, 9.17) is 11.6 Å². The molecule has 2 aliphatic rings. The lowest BCUT2D eigenvalue weighted by Crippen LogP contribution is -2.58. The summed E-state index contributed by atoms with van der Waals surface area (Å²) in [5.41, 5.74) is 1.09. The Kier molecular flexibility index (Phi) is 4.06. The molecule has 0 aliphatic carbocycles. The van der Waals surface area contributed by atoms with E-state index >= 15 is 0 Å². The fraction of sp³-hybridized carbons (Fsp3) is 0.667. The molecule has 0 spiro atoms. The minimum absolute atomic E-state index is 0.607. The van der Waals surface area contributed by atoms with Crippen LogP contribution in [0.5, 0.6) is 0 Å². The number of nitrogens with zero attached hydrogens (tertiary/aromatic N) is 3. The molecule has 0 aromatic carbocycles. The Balaban J connectivity index is 1.67. The van der Waals surface area contributed by atoms with Crippen LogP contribution >= 0.6 is 11.6 Å². The molecule has 2 fully saturated rings. The SMILES string of the molecule is CC1CN2CCCCC2CN1Cc1cc(Cl)ccn1. The van der Waals surface area contributed by atoms with Gasteiger partial charge >= 0.3 is 0 Å². The Morgan fingerprint density at radius 2 is 2.26 bits per heavy atom. The first kappa shape index (κ1) is 13.3. The van der Waals surface area contributed by atoms with Gasteiger partial charge in [-0.3, -0.25) is 14.8 Å². The highest BCUT2D eigenvalue weighted by Gasteiger charge is 2.32. The average molecular weight is 280 g/mol. The minimum Gasteiger partial charge on any atom is -0.298 e. The third-order valence-corrected chi connectivity index (χ3v) is 4.70. The molecule has 2 unspecified atom stereocenters. The molecular weight excluding hydrogens is 258 g/mol. The quantitative estimate of drug-likeness (QED) is 0.830. The van der Waals surface area contributed by atoms with Gasteiger partial charge in [0.2, 0.25) is 0 Å². The molecule has 0 amide bonds. The molecule has 3 nitrogen and oxygen atoms in total. The summed E-state index contributed by atoms with van der Waals surface area (Å²) >= 11 is 6.04. The largest absolute Gasteiger partial charge is 0.298 e. The average Bonchev–Trinajstić information content (AvgIpc) is 2.40.